The summed E-state index contributed by atoms with van der Waals surface area (Å²) in [6.45, 7) is 6.92. The molecule has 0 N–H and O–H groups in total. The third-order valence-electron chi connectivity index (χ3n) is 4.78. The van der Waals surface area contributed by atoms with E-state index in [9.17, 15) is 9.18 Å². The third-order valence-corrected chi connectivity index (χ3v) is 4.78. The van der Waals surface area contributed by atoms with Crippen LogP contribution in [0.5, 0.6) is 0 Å². The van der Waals surface area contributed by atoms with Gasteiger partial charge in [-0.05, 0) is 32.0 Å². The zero-order valence-corrected chi connectivity index (χ0v) is 15.3. The molecule has 0 spiro atoms. The molecule has 4 rings (SSSR count). The van der Waals surface area contributed by atoms with Crippen LogP contribution < -0.4 is 15.4 Å². The average Bonchev–Trinajstić information content (AvgIpc) is 2.67. The first-order chi connectivity index (χ1) is 13.0. The number of benzene rings is 1. The van der Waals surface area contributed by atoms with Crippen molar-refractivity contribution in [2.45, 2.75) is 19.9 Å². The van der Waals surface area contributed by atoms with Gasteiger partial charge in [0.1, 0.15) is 23.8 Å². The highest BCUT2D eigenvalue weighted by Gasteiger charge is 2.21. The molecule has 0 aliphatic carbocycles. The minimum atomic E-state index is -0.302. The van der Waals surface area contributed by atoms with Crippen LogP contribution in [-0.4, -0.2) is 45.9 Å². The first-order valence-electron chi connectivity index (χ1n) is 9.03. The zero-order valence-electron chi connectivity index (χ0n) is 15.3. The molecule has 0 atom stereocenters. The predicted molar refractivity (Wildman–Crippen MR) is 103 cm³/mol. The predicted octanol–water partition coefficient (Wildman–Crippen LogP) is 2.23. The molecule has 1 aliphatic rings. The quantitative estimate of drug-likeness (QED) is 0.706. The SMILES string of the molecule is CC(C)n1nc(N2CCN(c3ncnc4cc(F)ccc34)CC2)ccc1=O. The lowest BCUT2D eigenvalue weighted by Crippen LogP contribution is -2.47. The molecule has 0 saturated carbocycles. The number of nitrogens with zero attached hydrogens (tertiary/aromatic N) is 6. The summed E-state index contributed by atoms with van der Waals surface area (Å²) in [5.74, 6) is 1.32. The fraction of sp³-hybridized carbons (Fsp3) is 0.368. The summed E-state index contributed by atoms with van der Waals surface area (Å²) in [7, 11) is 0. The van der Waals surface area contributed by atoms with Crippen molar-refractivity contribution in [2.75, 3.05) is 36.0 Å². The third kappa shape index (κ3) is 3.34. The van der Waals surface area contributed by atoms with Gasteiger partial charge in [-0.1, -0.05) is 0 Å². The van der Waals surface area contributed by atoms with Crippen LogP contribution in [0.25, 0.3) is 10.9 Å². The van der Waals surface area contributed by atoms with Crippen molar-refractivity contribution in [3.63, 3.8) is 0 Å². The molecule has 1 saturated heterocycles. The molecule has 3 aromatic rings. The van der Waals surface area contributed by atoms with E-state index in [2.05, 4.69) is 24.9 Å². The molecule has 0 amide bonds. The monoisotopic (exact) mass is 368 g/mol. The van der Waals surface area contributed by atoms with Crippen LogP contribution in [0.3, 0.4) is 0 Å². The molecule has 1 fully saturated rings. The second kappa shape index (κ2) is 6.94. The van der Waals surface area contributed by atoms with E-state index in [-0.39, 0.29) is 17.4 Å². The highest BCUT2D eigenvalue weighted by Crippen LogP contribution is 2.25. The van der Waals surface area contributed by atoms with Gasteiger partial charge >= 0.3 is 0 Å². The molecule has 0 radical (unpaired) electrons. The van der Waals surface area contributed by atoms with Gasteiger partial charge in [-0.2, -0.15) is 5.10 Å². The first kappa shape index (κ1) is 17.4. The number of hydrogen-bond donors (Lipinski definition) is 0. The van der Waals surface area contributed by atoms with Gasteiger partial charge in [0.2, 0.25) is 0 Å². The van der Waals surface area contributed by atoms with Gasteiger partial charge < -0.3 is 9.80 Å². The van der Waals surface area contributed by atoms with Crippen molar-refractivity contribution < 1.29 is 4.39 Å². The highest BCUT2D eigenvalue weighted by molar-refractivity contribution is 5.89. The van der Waals surface area contributed by atoms with Gasteiger partial charge in [0.25, 0.3) is 5.56 Å². The summed E-state index contributed by atoms with van der Waals surface area (Å²) in [4.78, 5) is 24.8. The molecular weight excluding hydrogens is 347 g/mol. The molecule has 3 heterocycles. The van der Waals surface area contributed by atoms with E-state index in [1.54, 1.807) is 18.2 Å². The van der Waals surface area contributed by atoms with Crippen LogP contribution >= 0.6 is 0 Å². The van der Waals surface area contributed by atoms with Gasteiger partial charge in [-0.25, -0.2) is 19.0 Å². The van der Waals surface area contributed by atoms with E-state index in [0.717, 1.165) is 43.2 Å². The number of hydrogen-bond acceptors (Lipinski definition) is 6. The second-order valence-corrected chi connectivity index (χ2v) is 6.90. The fourth-order valence-electron chi connectivity index (χ4n) is 3.37. The Morgan fingerprint density at radius 3 is 2.48 bits per heavy atom. The lowest BCUT2D eigenvalue weighted by molar-refractivity contribution is 0.497. The summed E-state index contributed by atoms with van der Waals surface area (Å²) < 4.78 is 15.0. The number of fused-ring (bicyclic) bond motifs is 1. The van der Waals surface area contributed by atoms with E-state index in [0.29, 0.717) is 5.52 Å². The van der Waals surface area contributed by atoms with Crippen LogP contribution in [-0.2, 0) is 0 Å². The summed E-state index contributed by atoms with van der Waals surface area (Å²) in [5, 5.41) is 5.34. The fourth-order valence-corrected chi connectivity index (χ4v) is 3.37. The standard InChI is InChI=1S/C19H21FN6O/c1-13(2)26-18(27)6-5-17(23-26)24-7-9-25(10-8-24)19-15-4-3-14(20)11-16(15)21-12-22-19/h3-6,11-13H,7-10H2,1-2H3. The smallest absolute Gasteiger partial charge is 0.267 e. The Morgan fingerprint density at radius 2 is 1.74 bits per heavy atom. The molecule has 2 aromatic heterocycles. The summed E-state index contributed by atoms with van der Waals surface area (Å²) >= 11 is 0. The Morgan fingerprint density at radius 1 is 1.00 bits per heavy atom. The van der Waals surface area contributed by atoms with E-state index in [1.165, 1.54) is 23.1 Å². The van der Waals surface area contributed by atoms with E-state index in [4.69, 9.17) is 0 Å². The minimum absolute atomic E-state index is 0.0199. The van der Waals surface area contributed by atoms with Gasteiger partial charge in [-0.15, -0.1) is 0 Å². The maximum Gasteiger partial charge on any atom is 0.267 e. The molecular formula is C19H21FN6O. The topological polar surface area (TPSA) is 67.2 Å². The van der Waals surface area contributed by atoms with Crippen LogP contribution in [0.2, 0.25) is 0 Å². The molecule has 7 nitrogen and oxygen atoms in total. The summed E-state index contributed by atoms with van der Waals surface area (Å²) in [6, 6.07) is 7.96. The number of aromatic nitrogens is 4. The number of piperazine rings is 1. The Labute approximate surface area is 156 Å². The molecule has 140 valence electrons. The molecule has 27 heavy (non-hydrogen) atoms. The Hall–Kier alpha value is -3.03. The molecule has 8 heteroatoms. The second-order valence-electron chi connectivity index (χ2n) is 6.90. The van der Waals surface area contributed by atoms with Crippen molar-refractivity contribution in [3.8, 4) is 0 Å². The lowest BCUT2D eigenvalue weighted by atomic mass is 10.2. The minimum Gasteiger partial charge on any atom is -0.352 e. The number of rotatable bonds is 3. The van der Waals surface area contributed by atoms with Gasteiger partial charge in [0.05, 0.1) is 11.6 Å². The van der Waals surface area contributed by atoms with Crippen LogP contribution in [0.4, 0.5) is 16.0 Å². The van der Waals surface area contributed by atoms with E-state index in [1.807, 2.05) is 13.8 Å². The highest BCUT2D eigenvalue weighted by atomic mass is 19.1. The number of halogens is 1. The van der Waals surface area contributed by atoms with Crippen LogP contribution in [0.15, 0.2) is 41.5 Å². The maximum atomic E-state index is 13.5. The van der Waals surface area contributed by atoms with Gasteiger partial charge in [0, 0.05) is 43.7 Å². The molecule has 0 bridgehead atoms. The van der Waals surface area contributed by atoms with Crippen molar-refractivity contribution in [1.29, 1.82) is 0 Å². The van der Waals surface area contributed by atoms with Crippen molar-refractivity contribution in [1.82, 2.24) is 19.7 Å². The first-order valence-corrected chi connectivity index (χ1v) is 9.03. The van der Waals surface area contributed by atoms with Gasteiger partial charge in [0.15, 0.2) is 0 Å². The zero-order chi connectivity index (χ0) is 19.0. The summed E-state index contributed by atoms with van der Waals surface area (Å²) in [6.07, 6.45) is 1.48. The Bertz CT molecular complexity index is 1030. The van der Waals surface area contributed by atoms with Crippen molar-refractivity contribution in [3.05, 3.63) is 52.8 Å². The lowest BCUT2D eigenvalue weighted by Gasteiger charge is -2.36. The Balaban J connectivity index is 1.55. The van der Waals surface area contributed by atoms with Crippen LogP contribution in [0.1, 0.15) is 19.9 Å². The van der Waals surface area contributed by atoms with E-state index < -0.39 is 0 Å². The average molecular weight is 368 g/mol. The molecule has 0 unspecified atom stereocenters. The maximum absolute atomic E-state index is 13.5. The van der Waals surface area contributed by atoms with Crippen molar-refractivity contribution >= 4 is 22.5 Å². The van der Waals surface area contributed by atoms with Crippen LogP contribution in [0, 0.1) is 5.82 Å². The Kier molecular flexibility index (Phi) is 4.47. The molecule has 1 aromatic carbocycles. The van der Waals surface area contributed by atoms with Gasteiger partial charge in [-0.3, -0.25) is 4.79 Å². The van der Waals surface area contributed by atoms with Crippen molar-refractivity contribution in [2.24, 2.45) is 0 Å². The van der Waals surface area contributed by atoms with E-state index >= 15 is 0 Å². The molecule has 1 aliphatic heterocycles. The largest absolute Gasteiger partial charge is 0.352 e. The normalized spacial score (nSPS) is 15.0. The summed E-state index contributed by atoms with van der Waals surface area (Å²) in [5.41, 5.74) is 0.514. The number of anilines is 2.